The number of benzene rings is 2. The minimum atomic E-state index is -0.0176. The van der Waals surface area contributed by atoms with E-state index in [2.05, 4.69) is 33.5 Å². The normalized spacial score (nSPS) is 11.0. The second-order valence-electron chi connectivity index (χ2n) is 6.60. The molecule has 5 nitrogen and oxygen atoms in total. The lowest BCUT2D eigenvalue weighted by Gasteiger charge is -2.09. The van der Waals surface area contributed by atoms with Gasteiger partial charge < -0.3 is 10.3 Å². The molecule has 2 heterocycles. The number of nitrogens with one attached hydrogen (secondary N) is 2. The molecule has 0 atom stereocenters. The zero-order valence-electron chi connectivity index (χ0n) is 15.2. The Labute approximate surface area is 161 Å². The number of aromatic nitrogens is 3. The van der Waals surface area contributed by atoms with Crippen molar-refractivity contribution in [2.45, 2.75) is 26.7 Å². The highest BCUT2D eigenvalue weighted by atomic mass is 32.1. The summed E-state index contributed by atoms with van der Waals surface area (Å²) in [5, 5.41) is 14.5. The summed E-state index contributed by atoms with van der Waals surface area (Å²) in [6.07, 6.45) is 1.33. The van der Waals surface area contributed by atoms with Gasteiger partial charge in [0, 0.05) is 28.6 Å². The van der Waals surface area contributed by atoms with E-state index in [1.54, 1.807) is 0 Å². The zero-order valence-corrected chi connectivity index (χ0v) is 16.1. The standard InChI is InChI=1S/C21H20N4OS/c1-13-8-10-18-17(12-13)14(2)16(20(26)23-18)9-11-19-24-25-21(27-19)22-15-6-4-3-5-7-15/h3-8,10,12H,9,11H2,1-2H3,(H,22,25)(H,23,26). The lowest BCUT2D eigenvalue weighted by atomic mass is 10.00. The van der Waals surface area contributed by atoms with Gasteiger partial charge in [0.25, 0.3) is 5.56 Å². The minimum Gasteiger partial charge on any atom is -0.330 e. The third-order valence-electron chi connectivity index (χ3n) is 4.63. The molecule has 0 spiro atoms. The third kappa shape index (κ3) is 3.75. The molecule has 0 fully saturated rings. The van der Waals surface area contributed by atoms with Crippen LogP contribution < -0.4 is 10.9 Å². The van der Waals surface area contributed by atoms with Crippen LogP contribution >= 0.6 is 11.3 Å². The molecule has 0 aliphatic heterocycles. The Morgan fingerprint density at radius 1 is 1.04 bits per heavy atom. The quantitative estimate of drug-likeness (QED) is 0.537. The summed E-state index contributed by atoms with van der Waals surface area (Å²) in [6, 6.07) is 16.0. The predicted octanol–water partition coefficient (Wildman–Crippen LogP) is 4.53. The first-order valence-corrected chi connectivity index (χ1v) is 9.68. The van der Waals surface area contributed by atoms with Crippen molar-refractivity contribution in [2.24, 2.45) is 0 Å². The first-order valence-electron chi connectivity index (χ1n) is 8.87. The van der Waals surface area contributed by atoms with E-state index in [4.69, 9.17) is 0 Å². The Morgan fingerprint density at radius 2 is 1.85 bits per heavy atom. The van der Waals surface area contributed by atoms with Crippen LogP contribution in [0.15, 0.2) is 53.3 Å². The highest BCUT2D eigenvalue weighted by Crippen LogP contribution is 2.23. The van der Waals surface area contributed by atoms with Crippen LogP contribution in [0, 0.1) is 13.8 Å². The fourth-order valence-electron chi connectivity index (χ4n) is 3.19. The number of anilines is 2. The highest BCUT2D eigenvalue weighted by Gasteiger charge is 2.11. The number of aryl methyl sites for hydroxylation is 3. The van der Waals surface area contributed by atoms with Gasteiger partial charge in [0.05, 0.1) is 0 Å². The van der Waals surface area contributed by atoms with E-state index < -0.39 is 0 Å². The molecule has 4 aromatic rings. The molecule has 0 bridgehead atoms. The van der Waals surface area contributed by atoms with Gasteiger partial charge in [-0.1, -0.05) is 41.2 Å². The molecule has 0 saturated heterocycles. The van der Waals surface area contributed by atoms with Crippen LogP contribution in [0.5, 0.6) is 0 Å². The molecular weight excluding hydrogens is 356 g/mol. The summed E-state index contributed by atoms with van der Waals surface area (Å²) in [4.78, 5) is 15.5. The van der Waals surface area contributed by atoms with Crippen molar-refractivity contribution in [3.05, 3.63) is 80.6 Å². The molecule has 136 valence electrons. The fourth-order valence-corrected chi connectivity index (χ4v) is 3.95. The lowest BCUT2D eigenvalue weighted by molar-refractivity contribution is 0.887. The Bertz CT molecular complexity index is 1150. The number of pyridine rings is 1. The van der Waals surface area contributed by atoms with Crippen molar-refractivity contribution < 1.29 is 0 Å². The number of H-pyrrole nitrogens is 1. The maximum atomic E-state index is 12.5. The van der Waals surface area contributed by atoms with Crippen molar-refractivity contribution in [3.63, 3.8) is 0 Å². The van der Waals surface area contributed by atoms with E-state index in [1.165, 1.54) is 16.9 Å². The van der Waals surface area contributed by atoms with Crippen LogP contribution in [0.1, 0.15) is 21.7 Å². The summed E-state index contributed by atoms with van der Waals surface area (Å²) in [6.45, 7) is 4.08. The van der Waals surface area contributed by atoms with Gasteiger partial charge in [-0.3, -0.25) is 4.79 Å². The molecule has 0 amide bonds. The largest absolute Gasteiger partial charge is 0.330 e. The molecule has 2 aromatic heterocycles. The van der Waals surface area contributed by atoms with E-state index in [-0.39, 0.29) is 5.56 Å². The monoisotopic (exact) mass is 376 g/mol. The summed E-state index contributed by atoms with van der Waals surface area (Å²) in [5.74, 6) is 0. The van der Waals surface area contributed by atoms with Gasteiger partial charge >= 0.3 is 0 Å². The van der Waals surface area contributed by atoms with Gasteiger partial charge in [0.2, 0.25) is 5.13 Å². The molecule has 4 rings (SSSR count). The molecule has 0 saturated carbocycles. The topological polar surface area (TPSA) is 70.7 Å². The van der Waals surface area contributed by atoms with Crippen molar-refractivity contribution in [3.8, 4) is 0 Å². The fraction of sp³-hybridized carbons (Fsp3) is 0.190. The van der Waals surface area contributed by atoms with Crippen LogP contribution in [-0.2, 0) is 12.8 Å². The van der Waals surface area contributed by atoms with Gasteiger partial charge in [-0.05, 0) is 50.1 Å². The van der Waals surface area contributed by atoms with E-state index in [9.17, 15) is 4.79 Å². The molecule has 27 heavy (non-hydrogen) atoms. The van der Waals surface area contributed by atoms with E-state index in [0.717, 1.165) is 37.9 Å². The molecule has 2 N–H and O–H groups in total. The molecule has 2 aromatic carbocycles. The summed E-state index contributed by atoms with van der Waals surface area (Å²) >= 11 is 1.52. The third-order valence-corrected chi connectivity index (χ3v) is 5.53. The summed E-state index contributed by atoms with van der Waals surface area (Å²) < 4.78 is 0. The van der Waals surface area contributed by atoms with Crippen molar-refractivity contribution in [1.82, 2.24) is 15.2 Å². The molecule has 6 heteroatoms. The summed E-state index contributed by atoms with van der Waals surface area (Å²) in [7, 11) is 0. The second-order valence-corrected chi connectivity index (χ2v) is 7.66. The Hall–Kier alpha value is -2.99. The number of hydrogen-bond acceptors (Lipinski definition) is 5. The van der Waals surface area contributed by atoms with Gasteiger partial charge in [0.15, 0.2) is 0 Å². The number of aromatic amines is 1. The molecule has 0 radical (unpaired) electrons. The first-order chi connectivity index (χ1) is 13.1. The number of hydrogen-bond donors (Lipinski definition) is 2. The first kappa shape index (κ1) is 17.4. The van der Waals surface area contributed by atoms with Crippen LogP contribution in [0.25, 0.3) is 10.9 Å². The van der Waals surface area contributed by atoms with E-state index in [0.29, 0.717) is 12.8 Å². The molecular formula is C21H20N4OS. The molecule has 0 aliphatic carbocycles. The van der Waals surface area contributed by atoms with Crippen molar-refractivity contribution in [2.75, 3.05) is 5.32 Å². The zero-order chi connectivity index (χ0) is 18.8. The van der Waals surface area contributed by atoms with Gasteiger partial charge in [-0.15, -0.1) is 10.2 Å². The van der Waals surface area contributed by atoms with Gasteiger partial charge in [0.1, 0.15) is 5.01 Å². The average molecular weight is 376 g/mol. The Morgan fingerprint density at radius 3 is 2.67 bits per heavy atom. The van der Waals surface area contributed by atoms with Crippen molar-refractivity contribution >= 4 is 33.1 Å². The maximum absolute atomic E-state index is 12.5. The Kier molecular flexibility index (Phi) is 4.73. The molecule has 0 aliphatic rings. The highest BCUT2D eigenvalue weighted by molar-refractivity contribution is 7.15. The Balaban J connectivity index is 1.53. The lowest BCUT2D eigenvalue weighted by Crippen LogP contribution is -2.15. The number of rotatable bonds is 5. The number of para-hydroxylation sites is 1. The SMILES string of the molecule is Cc1ccc2[nH]c(=O)c(CCc3nnc(Nc4ccccc4)s3)c(C)c2c1. The van der Waals surface area contributed by atoms with Crippen LogP contribution in [-0.4, -0.2) is 15.2 Å². The van der Waals surface area contributed by atoms with Crippen molar-refractivity contribution in [1.29, 1.82) is 0 Å². The van der Waals surface area contributed by atoms with Gasteiger partial charge in [-0.25, -0.2) is 0 Å². The number of nitrogens with zero attached hydrogens (tertiary/aromatic N) is 2. The maximum Gasteiger partial charge on any atom is 0.251 e. The molecule has 0 unspecified atom stereocenters. The van der Waals surface area contributed by atoms with Crippen LogP contribution in [0.2, 0.25) is 0 Å². The van der Waals surface area contributed by atoms with Crippen LogP contribution in [0.3, 0.4) is 0 Å². The smallest absolute Gasteiger partial charge is 0.251 e. The van der Waals surface area contributed by atoms with E-state index in [1.807, 2.05) is 49.4 Å². The van der Waals surface area contributed by atoms with E-state index >= 15 is 0 Å². The van der Waals surface area contributed by atoms with Crippen LogP contribution in [0.4, 0.5) is 10.8 Å². The average Bonchev–Trinajstić information content (AvgIpc) is 3.10. The second kappa shape index (κ2) is 7.32. The number of fused-ring (bicyclic) bond motifs is 1. The van der Waals surface area contributed by atoms with Gasteiger partial charge in [-0.2, -0.15) is 0 Å². The minimum absolute atomic E-state index is 0.0176. The summed E-state index contributed by atoms with van der Waals surface area (Å²) in [5.41, 5.74) is 4.90. The predicted molar refractivity (Wildman–Crippen MR) is 111 cm³/mol.